The van der Waals surface area contributed by atoms with Crippen molar-refractivity contribution >= 4 is 18.0 Å². The molecule has 0 aromatic carbocycles. The topological polar surface area (TPSA) is 61.3 Å². The van der Waals surface area contributed by atoms with Crippen LogP contribution in [0.2, 0.25) is 0 Å². The van der Waals surface area contributed by atoms with Gasteiger partial charge in [0.05, 0.1) is 5.69 Å². The van der Waals surface area contributed by atoms with Crippen LogP contribution in [0.1, 0.15) is 12.1 Å². The highest BCUT2D eigenvalue weighted by atomic mass is 32.2. The summed E-state index contributed by atoms with van der Waals surface area (Å²) < 4.78 is 0. The Balaban J connectivity index is 2.39. The molecule has 0 aliphatic heterocycles. The van der Waals surface area contributed by atoms with Crippen molar-refractivity contribution in [2.75, 3.05) is 19.4 Å². The fourth-order valence-corrected chi connectivity index (χ4v) is 1.19. The molecule has 5 heteroatoms. The van der Waals surface area contributed by atoms with Crippen LogP contribution < -0.4 is 0 Å². The average Bonchev–Trinajstić information content (AvgIpc) is 2.60. The van der Waals surface area contributed by atoms with Gasteiger partial charge in [0, 0.05) is 19.4 Å². The van der Waals surface area contributed by atoms with Crippen molar-refractivity contribution in [2.45, 2.75) is 11.4 Å². The predicted octanol–water partition coefficient (Wildman–Crippen LogP) is 0.933. The van der Waals surface area contributed by atoms with Gasteiger partial charge in [0.15, 0.2) is 0 Å². The van der Waals surface area contributed by atoms with Gasteiger partial charge < -0.3 is 5.11 Å². The van der Waals surface area contributed by atoms with Gasteiger partial charge >= 0.3 is 0 Å². The molecule has 13 heavy (non-hydrogen) atoms. The third-order valence-electron chi connectivity index (χ3n) is 1.46. The van der Waals surface area contributed by atoms with Crippen molar-refractivity contribution in [3.05, 3.63) is 11.8 Å². The lowest BCUT2D eigenvalue weighted by Crippen LogP contribution is -1.88. The summed E-state index contributed by atoms with van der Waals surface area (Å²) in [5.41, 5.74) is 0.905. The van der Waals surface area contributed by atoms with Crippen LogP contribution in [0.3, 0.4) is 0 Å². The van der Waals surface area contributed by atoms with E-state index in [0.717, 1.165) is 10.7 Å². The summed E-state index contributed by atoms with van der Waals surface area (Å²) >= 11 is 1.59. The minimum atomic E-state index is 0.191. The Hall–Kier alpha value is -0.810. The van der Waals surface area contributed by atoms with Crippen LogP contribution in [0, 0.1) is 0 Å². The molecule has 4 nitrogen and oxygen atoms in total. The monoisotopic (exact) mass is 199 g/mol. The average molecular weight is 199 g/mol. The lowest BCUT2D eigenvalue weighted by atomic mass is 10.4. The number of aliphatic imine (C=N–C) groups is 1. The van der Waals surface area contributed by atoms with E-state index in [4.69, 9.17) is 5.11 Å². The summed E-state index contributed by atoms with van der Waals surface area (Å²) in [6.45, 7) is 0.848. The SMILES string of the molecule is CSc1cc(C=NCCCO)[nH]n1. The Morgan fingerprint density at radius 2 is 2.62 bits per heavy atom. The molecule has 0 saturated carbocycles. The van der Waals surface area contributed by atoms with E-state index >= 15 is 0 Å². The first-order valence-electron chi connectivity index (χ1n) is 4.07. The van der Waals surface area contributed by atoms with Gasteiger partial charge in [0.25, 0.3) is 0 Å². The molecule has 0 radical (unpaired) electrons. The van der Waals surface area contributed by atoms with Crippen LogP contribution in [0.25, 0.3) is 0 Å². The molecular formula is C8H13N3OS. The van der Waals surface area contributed by atoms with Crippen molar-refractivity contribution < 1.29 is 5.11 Å². The third-order valence-corrected chi connectivity index (χ3v) is 2.09. The van der Waals surface area contributed by atoms with E-state index in [1.165, 1.54) is 0 Å². The largest absolute Gasteiger partial charge is 0.396 e. The molecule has 72 valence electrons. The van der Waals surface area contributed by atoms with Crippen LogP contribution in [-0.2, 0) is 0 Å². The number of hydrogen-bond donors (Lipinski definition) is 2. The highest BCUT2D eigenvalue weighted by Gasteiger charge is 1.94. The summed E-state index contributed by atoms with van der Waals surface area (Å²) in [5.74, 6) is 0. The van der Waals surface area contributed by atoms with Crippen LogP contribution >= 0.6 is 11.8 Å². The van der Waals surface area contributed by atoms with E-state index in [1.54, 1.807) is 18.0 Å². The van der Waals surface area contributed by atoms with Crippen molar-refractivity contribution in [3.8, 4) is 0 Å². The van der Waals surface area contributed by atoms with E-state index in [1.807, 2.05) is 12.3 Å². The minimum Gasteiger partial charge on any atom is -0.396 e. The molecule has 2 N–H and O–H groups in total. The number of aromatic amines is 1. The van der Waals surface area contributed by atoms with Crippen LogP contribution in [0.4, 0.5) is 0 Å². The summed E-state index contributed by atoms with van der Waals surface area (Å²) in [5, 5.41) is 16.4. The highest BCUT2D eigenvalue weighted by molar-refractivity contribution is 7.98. The van der Waals surface area contributed by atoms with E-state index in [0.29, 0.717) is 13.0 Å². The molecule has 1 rings (SSSR count). The van der Waals surface area contributed by atoms with Crippen molar-refractivity contribution in [2.24, 2.45) is 4.99 Å². The Morgan fingerprint density at radius 1 is 1.77 bits per heavy atom. The maximum absolute atomic E-state index is 8.51. The maximum atomic E-state index is 8.51. The van der Waals surface area contributed by atoms with Crippen LogP contribution in [0.15, 0.2) is 16.1 Å². The minimum absolute atomic E-state index is 0.191. The zero-order chi connectivity index (χ0) is 9.52. The van der Waals surface area contributed by atoms with E-state index in [2.05, 4.69) is 15.2 Å². The number of aromatic nitrogens is 2. The Kier molecular flexibility index (Phi) is 4.56. The Morgan fingerprint density at radius 3 is 3.23 bits per heavy atom. The smallest absolute Gasteiger partial charge is 0.118 e. The van der Waals surface area contributed by atoms with E-state index < -0.39 is 0 Å². The summed E-state index contributed by atoms with van der Waals surface area (Å²) in [7, 11) is 0. The number of aliphatic hydroxyl groups is 1. The summed E-state index contributed by atoms with van der Waals surface area (Å²) in [4.78, 5) is 4.11. The van der Waals surface area contributed by atoms with Crippen LogP contribution in [-0.4, -0.2) is 40.9 Å². The molecule has 0 unspecified atom stereocenters. The molecule has 1 aromatic heterocycles. The van der Waals surface area contributed by atoms with Gasteiger partial charge in [-0.1, -0.05) is 0 Å². The summed E-state index contributed by atoms with van der Waals surface area (Å²) in [6, 6.07) is 1.94. The van der Waals surface area contributed by atoms with Crippen molar-refractivity contribution in [1.29, 1.82) is 0 Å². The van der Waals surface area contributed by atoms with E-state index in [9.17, 15) is 0 Å². The lowest BCUT2D eigenvalue weighted by Gasteiger charge is -1.87. The number of H-pyrrole nitrogens is 1. The molecule has 0 bridgehead atoms. The zero-order valence-corrected chi connectivity index (χ0v) is 8.34. The third kappa shape index (κ3) is 3.61. The number of nitrogens with zero attached hydrogens (tertiary/aromatic N) is 2. The Bertz CT molecular complexity index is 272. The first-order valence-corrected chi connectivity index (χ1v) is 5.29. The van der Waals surface area contributed by atoms with Gasteiger partial charge in [-0.25, -0.2) is 0 Å². The molecule has 0 saturated heterocycles. The fourth-order valence-electron chi connectivity index (χ4n) is 0.813. The number of aliphatic hydroxyl groups excluding tert-OH is 1. The standard InChI is InChI=1S/C8H13N3OS/c1-13-8-5-7(10-11-8)6-9-3-2-4-12/h5-6,12H,2-4H2,1H3,(H,10,11). The van der Waals surface area contributed by atoms with Crippen molar-refractivity contribution in [1.82, 2.24) is 10.2 Å². The fraction of sp³-hybridized carbons (Fsp3) is 0.500. The predicted molar refractivity (Wildman–Crippen MR) is 54.5 cm³/mol. The first-order chi connectivity index (χ1) is 6.36. The van der Waals surface area contributed by atoms with Crippen molar-refractivity contribution in [3.63, 3.8) is 0 Å². The second kappa shape index (κ2) is 5.77. The molecule has 0 fully saturated rings. The van der Waals surface area contributed by atoms with Gasteiger partial charge in [0.1, 0.15) is 5.03 Å². The Labute approximate surface area is 81.5 Å². The number of rotatable bonds is 5. The normalized spacial score (nSPS) is 11.2. The molecule has 0 spiro atoms. The number of thioether (sulfide) groups is 1. The molecule has 0 amide bonds. The molecular weight excluding hydrogens is 186 g/mol. The maximum Gasteiger partial charge on any atom is 0.118 e. The van der Waals surface area contributed by atoms with Gasteiger partial charge in [-0.15, -0.1) is 11.8 Å². The zero-order valence-electron chi connectivity index (χ0n) is 7.53. The molecule has 1 heterocycles. The molecule has 1 aromatic rings. The second-order valence-corrected chi connectivity index (χ2v) is 3.30. The van der Waals surface area contributed by atoms with Gasteiger partial charge in [-0.3, -0.25) is 10.1 Å². The van der Waals surface area contributed by atoms with Gasteiger partial charge in [-0.2, -0.15) is 5.10 Å². The van der Waals surface area contributed by atoms with Gasteiger partial charge in [-0.05, 0) is 18.7 Å². The first kappa shape index (κ1) is 10.3. The molecule has 0 atom stereocenters. The number of hydrogen-bond acceptors (Lipinski definition) is 4. The lowest BCUT2D eigenvalue weighted by molar-refractivity contribution is 0.291. The summed E-state index contributed by atoms with van der Waals surface area (Å²) in [6.07, 6.45) is 4.42. The molecule has 0 aliphatic carbocycles. The quantitative estimate of drug-likeness (QED) is 0.421. The van der Waals surface area contributed by atoms with Crippen LogP contribution in [0.5, 0.6) is 0 Å². The second-order valence-electron chi connectivity index (χ2n) is 2.48. The number of nitrogens with one attached hydrogen (secondary N) is 1. The highest BCUT2D eigenvalue weighted by Crippen LogP contribution is 2.10. The van der Waals surface area contributed by atoms with E-state index in [-0.39, 0.29) is 6.61 Å². The van der Waals surface area contributed by atoms with Gasteiger partial charge in [0.2, 0.25) is 0 Å². The molecule has 0 aliphatic rings.